The number of hydrogen-bond donors (Lipinski definition) is 1. The van der Waals surface area contributed by atoms with E-state index in [0.29, 0.717) is 0 Å². The summed E-state index contributed by atoms with van der Waals surface area (Å²) in [4.78, 5) is 22.3. The van der Waals surface area contributed by atoms with E-state index in [9.17, 15) is 9.59 Å². The van der Waals surface area contributed by atoms with Gasteiger partial charge in [-0.1, -0.05) is 6.08 Å². The minimum absolute atomic E-state index is 0.159. The number of ketones is 1. The number of fused-ring (bicyclic) bond motifs is 1. The fourth-order valence-electron chi connectivity index (χ4n) is 1.94. The fourth-order valence-corrected chi connectivity index (χ4v) is 1.94. The minimum atomic E-state index is -1.09. The molecule has 0 amide bonds. The van der Waals surface area contributed by atoms with Gasteiger partial charge >= 0.3 is 5.97 Å². The molecule has 0 spiro atoms. The van der Waals surface area contributed by atoms with E-state index in [1.807, 2.05) is 13.8 Å². The molecule has 4 heteroatoms. The average molecular weight is 208 g/mol. The van der Waals surface area contributed by atoms with Gasteiger partial charge in [0.1, 0.15) is 11.5 Å². The third kappa shape index (κ3) is 1.46. The Bertz CT molecular complexity index is 401. The Morgan fingerprint density at radius 3 is 2.87 bits per heavy atom. The van der Waals surface area contributed by atoms with Gasteiger partial charge in [-0.2, -0.15) is 0 Å². The smallest absolute Gasteiger partial charge is 0.317 e. The van der Waals surface area contributed by atoms with Crippen LogP contribution in [0, 0.1) is 5.92 Å². The van der Waals surface area contributed by atoms with Gasteiger partial charge in [-0.15, -0.1) is 0 Å². The van der Waals surface area contributed by atoms with Crippen LogP contribution in [-0.2, 0) is 14.3 Å². The average Bonchev–Trinajstić information content (AvgIpc) is 2.40. The van der Waals surface area contributed by atoms with Gasteiger partial charge < -0.3 is 9.84 Å². The highest BCUT2D eigenvalue weighted by Crippen LogP contribution is 2.40. The van der Waals surface area contributed by atoms with Crippen molar-refractivity contribution in [2.45, 2.75) is 25.9 Å². The molecule has 80 valence electrons. The summed E-state index contributed by atoms with van der Waals surface area (Å²) in [6, 6.07) is 0. The molecule has 0 radical (unpaired) electrons. The number of Topliss-reactive ketones (excluding diaryl/α,β-unsaturated/α-hetero) is 1. The quantitative estimate of drug-likeness (QED) is 0.659. The number of rotatable bonds is 1. The summed E-state index contributed by atoms with van der Waals surface area (Å²) in [5, 5.41) is 8.87. The molecule has 1 aliphatic carbocycles. The predicted octanol–water partition coefficient (Wildman–Crippen LogP) is 1.28. The van der Waals surface area contributed by atoms with Gasteiger partial charge in [0.15, 0.2) is 5.78 Å². The Morgan fingerprint density at radius 1 is 1.60 bits per heavy atom. The molecular formula is C11H12O4. The number of hydrogen-bond acceptors (Lipinski definition) is 3. The molecule has 0 saturated heterocycles. The van der Waals surface area contributed by atoms with E-state index in [1.165, 1.54) is 6.08 Å². The molecule has 0 aromatic rings. The molecule has 1 unspecified atom stereocenters. The Morgan fingerprint density at radius 2 is 2.27 bits per heavy atom. The first kappa shape index (κ1) is 9.96. The van der Waals surface area contributed by atoms with Gasteiger partial charge in [0.05, 0.1) is 6.26 Å². The molecule has 15 heavy (non-hydrogen) atoms. The van der Waals surface area contributed by atoms with Gasteiger partial charge in [0, 0.05) is 12.0 Å². The van der Waals surface area contributed by atoms with Crippen LogP contribution in [0.15, 0.2) is 23.5 Å². The molecule has 0 aromatic heterocycles. The second kappa shape index (κ2) is 2.95. The number of carboxylic acid groups (broad SMARTS) is 1. The summed E-state index contributed by atoms with van der Waals surface area (Å²) < 4.78 is 5.39. The SMILES string of the molecule is CC1(C)OC=C2CC(=O)C(C(=O)O)C=C21. The molecular weight excluding hydrogens is 196 g/mol. The molecule has 0 bridgehead atoms. The molecule has 1 heterocycles. The molecule has 0 aromatic carbocycles. The Kier molecular flexibility index (Phi) is 1.96. The minimum Gasteiger partial charge on any atom is -0.490 e. The number of carboxylic acids is 1. The predicted molar refractivity (Wildman–Crippen MR) is 52.1 cm³/mol. The summed E-state index contributed by atoms with van der Waals surface area (Å²) in [7, 11) is 0. The van der Waals surface area contributed by atoms with Crippen LogP contribution in [0.1, 0.15) is 20.3 Å². The van der Waals surface area contributed by atoms with Crippen molar-refractivity contribution in [3.05, 3.63) is 23.5 Å². The Hall–Kier alpha value is -1.58. The zero-order valence-corrected chi connectivity index (χ0v) is 8.61. The van der Waals surface area contributed by atoms with Gasteiger partial charge in [0.25, 0.3) is 0 Å². The highest BCUT2D eigenvalue weighted by molar-refractivity contribution is 6.03. The molecule has 2 rings (SSSR count). The Balaban J connectivity index is 2.43. The molecule has 1 N–H and O–H groups in total. The van der Waals surface area contributed by atoms with Gasteiger partial charge in [-0.3, -0.25) is 9.59 Å². The van der Waals surface area contributed by atoms with Crippen LogP contribution in [0.25, 0.3) is 0 Å². The molecule has 1 aliphatic heterocycles. The van der Waals surface area contributed by atoms with Crippen molar-refractivity contribution >= 4 is 11.8 Å². The standard InChI is InChI=1S/C11H12O4/c1-11(2)8-4-7(10(13)14)9(12)3-6(8)5-15-11/h4-5,7H,3H2,1-2H3,(H,13,14). The lowest BCUT2D eigenvalue weighted by atomic mass is 9.81. The first-order valence-corrected chi connectivity index (χ1v) is 4.77. The number of carbonyl (C=O) groups excluding carboxylic acids is 1. The maximum Gasteiger partial charge on any atom is 0.317 e. The monoisotopic (exact) mass is 208 g/mol. The van der Waals surface area contributed by atoms with Gasteiger partial charge in [-0.05, 0) is 19.4 Å². The van der Waals surface area contributed by atoms with Crippen LogP contribution in [0.3, 0.4) is 0 Å². The van der Waals surface area contributed by atoms with E-state index < -0.39 is 17.5 Å². The van der Waals surface area contributed by atoms with Crippen molar-refractivity contribution in [3.8, 4) is 0 Å². The maximum atomic E-state index is 11.5. The lowest BCUT2D eigenvalue weighted by molar-refractivity contribution is -0.144. The van der Waals surface area contributed by atoms with E-state index in [1.54, 1.807) is 6.26 Å². The normalized spacial score (nSPS) is 27.6. The van der Waals surface area contributed by atoms with Crippen LogP contribution in [-0.4, -0.2) is 22.5 Å². The number of aliphatic carboxylic acids is 1. The highest BCUT2D eigenvalue weighted by Gasteiger charge is 2.40. The number of carbonyl (C=O) groups is 2. The highest BCUT2D eigenvalue weighted by atomic mass is 16.5. The summed E-state index contributed by atoms with van der Waals surface area (Å²) in [5.74, 6) is -2.38. The summed E-state index contributed by atoms with van der Waals surface area (Å²) in [5.41, 5.74) is 1.13. The van der Waals surface area contributed by atoms with Crippen LogP contribution in [0.2, 0.25) is 0 Å². The second-order valence-electron chi connectivity index (χ2n) is 4.31. The molecule has 1 atom stereocenters. The summed E-state index contributed by atoms with van der Waals surface area (Å²) in [6.07, 6.45) is 3.22. The van der Waals surface area contributed by atoms with Crippen LogP contribution in [0.5, 0.6) is 0 Å². The van der Waals surface area contributed by atoms with Crippen molar-refractivity contribution in [2.75, 3.05) is 0 Å². The van der Waals surface area contributed by atoms with E-state index in [2.05, 4.69) is 0 Å². The zero-order valence-electron chi connectivity index (χ0n) is 8.61. The summed E-state index contributed by atoms with van der Waals surface area (Å²) in [6.45, 7) is 3.72. The van der Waals surface area contributed by atoms with Gasteiger partial charge in [0.2, 0.25) is 0 Å². The van der Waals surface area contributed by atoms with E-state index >= 15 is 0 Å². The lowest BCUT2D eigenvalue weighted by Gasteiger charge is -2.25. The zero-order chi connectivity index (χ0) is 11.2. The Labute approximate surface area is 87.2 Å². The summed E-state index contributed by atoms with van der Waals surface area (Å²) >= 11 is 0. The van der Waals surface area contributed by atoms with Crippen molar-refractivity contribution in [3.63, 3.8) is 0 Å². The third-order valence-corrected chi connectivity index (χ3v) is 2.80. The first-order chi connectivity index (χ1) is 6.92. The van der Waals surface area contributed by atoms with Crippen LogP contribution < -0.4 is 0 Å². The van der Waals surface area contributed by atoms with Crippen molar-refractivity contribution in [1.82, 2.24) is 0 Å². The molecule has 2 aliphatic rings. The number of ether oxygens (including phenoxy) is 1. The second-order valence-corrected chi connectivity index (χ2v) is 4.31. The van der Waals surface area contributed by atoms with Crippen molar-refractivity contribution in [1.29, 1.82) is 0 Å². The molecule has 0 saturated carbocycles. The molecule has 0 fully saturated rings. The van der Waals surface area contributed by atoms with Crippen LogP contribution in [0.4, 0.5) is 0 Å². The van der Waals surface area contributed by atoms with E-state index in [-0.39, 0.29) is 12.2 Å². The first-order valence-electron chi connectivity index (χ1n) is 4.77. The van der Waals surface area contributed by atoms with E-state index in [4.69, 9.17) is 9.84 Å². The molecule has 4 nitrogen and oxygen atoms in total. The topological polar surface area (TPSA) is 63.6 Å². The largest absolute Gasteiger partial charge is 0.490 e. The van der Waals surface area contributed by atoms with Crippen molar-refractivity contribution < 1.29 is 19.4 Å². The van der Waals surface area contributed by atoms with Gasteiger partial charge in [-0.25, -0.2) is 0 Å². The van der Waals surface area contributed by atoms with Crippen molar-refractivity contribution in [2.24, 2.45) is 5.92 Å². The third-order valence-electron chi connectivity index (χ3n) is 2.80. The lowest BCUT2D eigenvalue weighted by Crippen LogP contribution is -2.30. The fraction of sp³-hybridized carbons (Fsp3) is 0.455. The maximum absolute atomic E-state index is 11.5. The van der Waals surface area contributed by atoms with Crippen LogP contribution >= 0.6 is 0 Å². The van der Waals surface area contributed by atoms with E-state index in [0.717, 1.165) is 11.1 Å².